The Hall–Kier alpha value is -1.69. The first kappa shape index (κ1) is 16.4. The van der Waals surface area contributed by atoms with Crippen molar-refractivity contribution < 1.29 is 14.3 Å². The van der Waals surface area contributed by atoms with Crippen molar-refractivity contribution in [3.8, 4) is 0 Å². The van der Waals surface area contributed by atoms with Crippen molar-refractivity contribution in [1.29, 1.82) is 0 Å². The Labute approximate surface area is 123 Å². The fourth-order valence-corrected chi connectivity index (χ4v) is 2.09. The lowest BCUT2D eigenvalue weighted by Crippen LogP contribution is -2.46. The van der Waals surface area contributed by atoms with Gasteiger partial charge in [0.05, 0.1) is 7.11 Å². The summed E-state index contributed by atoms with van der Waals surface area (Å²) in [5.41, 5.74) is 1.00. The molecule has 0 aliphatic carbocycles. The summed E-state index contributed by atoms with van der Waals surface area (Å²) in [6, 6.07) is 8.60. The molecule has 0 aromatic heterocycles. The zero-order valence-corrected chi connectivity index (χ0v) is 12.5. The largest absolute Gasteiger partial charge is 0.467 e. The number of nitrogens with one attached hydrogen (secondary N) is 2. The molecule has 0 bridgehead atoms. The van der Waals surface area contributed by atoms with Gasteiger partial charge >= 0.3 is 12.0 Å². The molecule has 0 radical (unpaired) electrons. The van der Waals surface area contributed by atoms with Crippen LogP contribution in [0.15, 0.2) is 30.3 Å². The van der Waals surface area contributed by atoms with Crippen molar-refractivity contribution in [1.82, 2.24) is 10.6 Å². The summed E-state index contributed by atoms with van der Waals surface area (Å²) >= 11 is 1.62. The van der Waals surface area contributed by atoms with E-state index < -0.39 is 12.0 Å². The summed E-state index contributed by atoms with van der Waals surface area (Å²) in [5, 5.41) is 5.36. The third-order valence-electron chi connectivity index (χ3n) is 2.70. The number of thioether (sulfide) groups is 1. The van der Waals surface area contributed by atoms with E-state index in [4.69, 9.17) is 0 Å². The number of carbonyl (C=O) groups is 2. The Bertz CT molecular complexity index is 426. The van der Waals surface area contributed by atoms with Gasteiger partial charge in [0.1, 0.15) is 6.04 Å². The molecule has 0 saturated carbocycles. The quantitative estimate of drug-likeness (QED) is 0.753. The maximum Gasteiger partial charge on any atom is 0.328 e. The Balaban J connectivity index is 2.43. The number of hydrogen-bond donors (Lipinski definition) is 2. The van der Waals surface area contributed by atoms with Gasteiger partial charge < -0.3 is 15.4 Å². The highest BCUT2D eigenvalue weighted by Crippen LogP contribution is 2.02. The second-order valence-electron chi connectivity index (χ2n) is 4.17. The molecule has 6 heteroatoms. The topological polar surface area (TPSA) is 67.4 Å². The third-order valence-corrected chi connectivity index (χ3v) is 3.34. The zero-order valence-electron chi connectivity index (χ0n) is 11.7. The number of esters is 1. The zero-order chi connectivity index (χ0) is 14.8. The first-order valence-corrected chi connectivity index (χ1v) is 7.71. The molecule has 20 heavy (non-hydrogen) atoms. The van der Waals surface area contributed by atoms with Crippen LogP contribution in [-0.4, -0.2) is 37.2 Å². The van der Waals surface area contributed by atoms with E-state index in [0.29, 0.717) is 13.0 Å². The summed E-state index contributed by atoms with van der Waals surface area (Å²) in [6.07, 6.45) is 2.50. The van der Waals surface area contributed by atoms with Crippen LogP contribution in [0.25, 0.3) is 0 Å². The van der Waals surface area contributed by atoms with Gasteiger partial charge in [-0.05, 0) is 24.0 Å². The number of amides is 2. The average Bonchev–Trinajstić information content (AvgIpc) is 2.49. The van der Waals surface area contributed by atoms with Crippen molar-refractivity contribution in [2.24, 2.45) is 0 Å². The SMILES string of the molecule is COC(=O)C(CCSC)NC(=O)NCc1ccccc1. The highest BCUT2D eigenvalue weighted by atomic mass is 32.2. The molecule has 0 heterocycles. The van der Waals surface area contributed by atoms with Gasteiger partial charge in [0.2, 0.25) is 0 Å². The van der Waals surface area contributed by atoms with Gasteiger partial charge in [0.25, 0.3) is 0 Å². The molecule has 0 aliphatic rings. The first-order valence-electron chi connectivity index (χ1n) is 6.32. The molecule has 1 rings (SSSR count). The van der Waals surface area contributed by atoms with Crippen LogP contribution in [0.5, 0.6) is 0 Å². The lowest BCUT2D eigenvalue weighted by Gasteiger charge is -2.16. The van der Waals surface area contributed by atoms with E-state index in [1.807, 2.05) is 36.6 Å². The van der Waals surface area contributed by atoms with Gasteiger partial charge in [0, 0.05) is 6.54 Å². The predicted molar refractivity (Wildman–Crippen MR) is 80.6 cm³/mol. The standard InChI is InChI=1S/C14H20N2O3S/c1-19-13(17)12(8-9-20-2)16-14(18)15-10-11-6-4-3-5-7-11/h3-7,12H,8-10H2,1-2H3,(H2,15,16,18). The van der Waals surface area contributed by atoms with Gasteiger partial charge in [-0.25, -0.2) is 9.59 Å². The second-order valence-corrected chi connectivity index (χ2v) is 5.16. The minimum atomic E-state index is -0.608. The maximum absolute atomic E-state index is 11.8. The molecule has 0 saturated heterocycles. The molecular weight excluding hydrogens is 276 g/mol. The molecule has 0 spiro atoms. The summed E-state index contributed by atoms with van der Waals surface area (Å²) in [7, 11) is 1.32. The number of urea groups is 1. The molecule has 1 aromatic carbocycles. The molecule has 1 unspecified atom stereocenters. The van der Waals surface area contributed by atoms with E-state index in [1.165, 1.54) is 7.11 Å². The Kier molecular flexibility index (Phi) is 7.57. The van der Waals surface area contributed by atoms with Crippen LogP contribution in [0.2, 0.25) is 0 Å². The molecule has 5 nitrogen and oxygen atoms in total. The minimum absolute atomic E-state index is 0.370. The van der Waals surface area contributed by atoms with Crippen molar-refractivity contribution in [3.63, 3.8) is 0 Å². The monoisotopic (exact) mass is 296 g/mol. The average molecular weight is 296 g/mol. The Morgan fingerprint density at radius 1 is 1.30 bits per heavy atom. The molecule has 2 amide bonds. The van der Waals surface area contributed by atoms with Gasteiger partial charge in [-0.15, -0.1) is 0 Å². The van der Waals surface area contributed by atoms with Crippen molar-refractivity contribution in [2.45, 2.75) is 19.0 Å². The molecule has 2 N–H and O–H groups in total. The van der Waals surface area contributed by atoms with E-state index in [9.17, 15) is 9.59 Å². The molecular formula is C14H20N2O3S. The van der Waals surface area contributed by atoms with Crippen LogP contribution in [0.1, 0.15) is 12.0 Å². The third kappa shape index (κ3) is 5.97. The van der Waals surface area contributed by atoms with E-state index >= 15 is 0 Å². The van der Waals surface area contributed by atoms with Crippen LogP contribution in [0, 0.1) is 0 Å². The van der Waals surface area contributed by atoms with Crippen LogP contribution in [-0.2, 0) is 16.1 Å². The molecule has 0 aliphatic heterocycles. The number of hydrogen-bond acceptors (Lipinski definition) is 4. The van der Waals surface area contributed by atoms with E-state index in [-0.39, 0.29) is 6.03 Å². The van der Waals surface area contributed by atoms with Crippen molar-refractivity contribution in [3.05, 3.63) is 35.9 Å². The van der Waals surface area contributed by atoms with Crippen LogP contribution < -0.4 is 10.6 Å². The maximum atomic E-state index is 11.8. The molecule has 1 aromatic rings. The molecule has 1 atom stereocenters. The number of benzene rings is 1. The van der Waals surface area contributed by atoms with E-state index in [2.05, 4.69) is 15.4 Å². The summed E-state index contributed by atoms with van der Waals surface area (Å²) in [6.45, 7) is 0.420. The summed E-state index contributed by atoms with van der Waals surface area (Å²) in [4.78, 5) is 23.3. The van der Waals surface area contributed by atoms with E-state index in [0.717, 1.165) is 11.3 Å². The smallest absolute Gasteiger partial charge is 0.328 e. The normalized spacial score (nSPS) is 11.5. The number of rotatable bonds is 7. The molecule has 0 fully saturated rings. The van der Waals surface area contributed by atoms with Crippen LogP contribution >= 0.6 is 11.8 Å². The van der Waals surface area contributed by atoms with Gasteiger partial charge in [0.15, 0.2) is 0 Å². The molecule has 110 valence electrons. The predicted octanol–water partition coefficient (Wildman–Crippen LogP) is 1.78. The number of ether oxygens (including phenoxy) is 1. The lowest BCUT2D eigenvalue weighted by atomic mass is 10.2. The summed E-state index contributed by atoms with van der Waals surface area (Å²) in [5.74, 6) is 0.354. The van der Waals surface area contributed by atoms with Crippen molar-refractivity contribution >= 4 is 23.8 Å². The fourth-order valence-electron chi connectivity index (χ4n) is 1.61. The lowest BCUT2D eigenvalue weighted by molar-refractivity contribution is -0.142. The van der Waals surface area contributed by atoms with Gasteiger partial charge in [-0.2, -0.15) is 11.8 Å². The summed E-state index contributed by atoms with van der Waals surface area (Å²) < 4.78 is 4.68. The Morgan fingerprint density at radius 2 is 2.00 bits per heavy atom. The minimum Gasteiger partial charge on any atom is -0.467 e. The van der Waals surface area contributed by atoms with Gasteiger partial charge in [-0.3, -0.25) is 0 Å². The van der Waals surface area contributed by atoms with Crippen LogP contribution in [0.3, 0.4) is 0 Å². The van der Waals surface area contributed by atoms with Gasteiger partial charge in [-0.1, -0.05) is 30.3 Å². The highest BCUT2D eigenvalue weighted by Gasteiger charge is 2.20. The van der Waals surface area contributed by atoms with Crippen LogP contribution in [0.4, 0.5) is 4.79 Å². The fraction of sp³-hybridized carbons (Fsp3) is 0.429. The first-order chi connectivity index (χ1) is 9.67. The van der Waals surface area contributed by atoms with Crippen molar-refractivity contribution in [2.75, 3.05) is 19.1 Å². The highest BCUT2D eigenvalue weighted by molar-refractivity contribution is 7.98. The number of carbonyl (C=O) groups excluding carboxylic acids is 2. The Morgan fingerprint density at radius 3 is 2.60 bits per heavy atom. The number of methoxy groups -OCH3 is 1. The van der Waals surface area contributed by atoms with E-state index in [1.54, 1.807) is 11.8 Å². The second kappa shape index (κ2) is 9.25.